The third-order valence-corrected chi connectivity index (χ3v) is 5.82. The lowest BCUT2D eigenvalue weighted by atomic mass is 9.74. The van der Waals surface area contributed by atoms with Gasteiger partial charge in [0.2, 0.25) is 0 Å². The number of piperidine rings is 1. The zero-order valence-corrected chi connectivity index (χ0v) is 15.3. The van der Waals surface area contributed by atoms with Crippen molar-refractivity contribution in [3.63, 3.8) is 0 Å². The Labute approximate surface area is 151 Å². The molecule has 0 unspecified atom stereocenters. The fraction of sp³-hybridized carbons (Fsp3) is 0.391. The van der Waals surface area contributed by atoms with Crippen LogP contribution in [0.3, 0.4) is 0 Å². The maximum atomic E-state index is 5.46. The Morgan fingerprint density at radius 3 is 2.44 bits per heavy atom. The van der Waals surface area contributed by atoms with Crippen LogP contribution in [0.4, 0.5) is 0 Å². The van der Waals surface area contributed by atoms with Gasteiger partial charge in [-0.05, 0) is 91.7 Å². The predicted octanol–water partition coefficient (Wildman–Crippen LogP) is 4.89. The molecule has 1 heterocycles. The van der Waals surface area contributed by atoms with E-state index in [-0.39, 0.29) is 0 Å². The largest absolute Gasteiger partial charge is 0.497 e. The number of nitrogens with zero attached hydrogens (tertiary/aromatic N) is 1. The zero-order chi connectivity index (χ0) is 17.2. The molecule has 1 aliphatic carbocycles. The van der Waals surface area contributed by atoms with Crippen molar-refractivity contribution in [2.75, 3.05) is 27.2 Å². The van der Waals surface area contributed by atoms with Gasteiger partial charge in [0.05, 0.1) is 7.11 Å². The summed E-state index contributed by atoms with van der Waals surface area (Å²) in [5.74, 6) is 1.64. The van der Waals surface area contributed by atoms with Crippen LogP contribution in [-0.4, -0.2) is 32.1 Å². The first-order chi connectivity index (χ1) is 12.3. The molecule has 1 saturated heterocycles. The fourth-order valence-corrected chi connectivity index (χ4v) is 4.43. The van der Waals surface area contributed by atoms with Crippen molar-refractivity contribution in [2.45, 2.75) is 25.7 Å². The van der Waals surface area contributed by atoms with Crippen LogP contribution in [0.2, 0.25) is 0 Å². The average Bonchev–Trinajstić information content (AvgIpc) is 2.68. The third kappa shape index (κ3) is 3.23. The van der Waals surface area contributed by atoms with Crippen LogP contribution in [0, 0.1) is 5.92 Å². The van der Waals surface area contributed by atoms with E-state index in [9.17, 15) is 0 Å². The smallest absolute Gasteiger partial charge is 0.119 e. The van der Waals surface area contributed by atoms with E-state index in [4.69, 9.17) is 4.74 Å². The van der Waals surface area contributed by atoms with Gasteiger partial charge in [-0.1, -0.05) is 36.4 Å². The summed E-state index contributed by atoms with van der Waals surface area (Å²) in [5, 5.41) is 0. The third-order valence-electron chi connectivity index (χ3n) is 5.82. The number of likely N-dealkylation sites (tertiary alicyclic amines) is 1. The Bertz CT molecular complexity index is 770. The number of allylic oxidation sites excluding steroid dienone is 2. The van der Waals surface area contributed by atoms with Gasteiger partial charge in [0.1, 0.15) is 5.75 Å². The Morgan fingerprint density at radius 1 is 0.960 bits per heavy atom. The van der Waals surface area contributed by atoms with Crippen molar-refractivity contribution in [3.05, 3.63) is 65.2 Å². The number of methoxy groups -OCH3 is 1. The Kier molecular flexibility index (Phi) is 4.63. The summed E-state index contributed by atoms with van der Waals surface area (Å²) >= 11 is 0. The molecule has 130 valence electrons. The molecule has 2 heteroatoms. The summed E-state index contributed by atoms with van der Waals surface area (Å²) < 4.78 is 5.46. The second-order valence-electron chi connectivity index (χ2n) is 7.36. The van der Waals surface area contributed by atoms with Gasteiger partial charge in [0.25, 0.3) is 0 Å². The standard InChI is InChI=1S/C23H27NO/c1-24-14-12-18(13-15-24)23-21(17-6-4-3-5-7-17)10-8-19-16-20(25-2)9-11-22(19)23/h3-7,9,11,16,18H,8,10,12-15H2,1-2H3. The van der Waals surface area contributed by atoms with E-state index < -0.39 is 0 Å². The maximum absolute atomic E-state index is 5.46. The number of hydrogen-bond acceptors (Lipinski definition) is 2. The van der Waals surface area contributed by atoms with Gasteiger partial charge in [0, 0.05) is 0 Å². The van der Waals surface area contributed by atoms with E-state index in [0.717, 1.165) is 18.6 Å². The molecule has 0 N–H and O–H groups in total. The second kappa shape index (κ2) is 7.05. The van der Waals surface area contributed by atoms with Crippen LogP contribution in [0.25, 0.3) is 11.1 Å². The van der Waals surface area contributed by atoms with E-state index in [1.54, 1.807) is 18.3 Å². The fourth-order valence-electron chi connectivity index (χ4n) is 4.43. The van der Waals surface area contributed by atoms with Crippen LogP contribution in [-0.2, 0) is 6.42 Å². The molecular formula is C23H27NO. The topological polar surface area (TPSA) is 12.5 Å². The zero-order valence-electron chi connectivity index (χ0n) is 15.3. The first-order valence-corrected chi connectivity index (χ1v) is 9.40. The number of hydrogen-bond donors (Lipinski definition) is 0. The first kappa shape index (κ1) is 16.4. The van der Waals surface area contributed by atoms with Crippen LogP contribution in [0.15, 0.2) is 48.5 Å². The number of benzene rings is 2. The van der Waals surface area contributed by atoms with E-state index >= 15 is 0 Å². The lowest BCUT2D eigenvalue weighted by molar-refractivity contribution is 0.248. The summed E-state index contributed by atoms with van der Waals surface area (Å²) in [6.45, 7) is 2.39. The molecule has 0 saturated carbocycles. The van der Waals surface area contributed by atoms with Gasteiger partial charge in [-0.15, -0.1) is 0 Å². The number of aryl methyl sites for hydroxylation is 1. The Balaban J connectivity index is 1.82. The number of ether oxygens (including phenoxy) is 1. The molecule has 2 aromatic rings. The van der Waals surface area contributed by atoms with Gasteiger partial charge in [-0.2, -0.15) is 0 Å². The summed E-state index contributed by atoms with van der Waals surface area (Å²) in [6, 6.07) is 17.7. The molecule has 25 heavy (non-hydrogen) atoms. The van der Waals surface area contributed by atoms with Gasteiger partial charge in [-0.25, -0.2) is 0 Å². The summed E-state index contributed by atoms with van der Waals surface area (Å²) in [7, 11) is 4.00. The van der Waals surface area contributed by atoms with E-state index in [1.807, 2.05) is 0 Å². The quantitative estimate of drug-likeness (QED) is 0.792. The van der Waals surface area contributed by atoms with Crippen LogP contribution in [0.5, 0.6) is 5.75 Å². The van der Waals surface area contributed by atoms with Gasteiger partial charge in [0.15, 0.2) is 0 Å². The van der Waals surface area contributed by atoms with Crippen molar-refractivity contribution in [1.82, 2.24) is 4.90 Å². The highest BCUT2D eigenvalue weighted by molar-refractivity contribution is 5.94. The van der Waals surface area contributed by atoms with Gasteiger partial charge >= 0.3 is 0 Å². The van der Waals surface area contributed by atoms with Crippen molar-refractivity contribution in [3.8, 4) is 5.75 Å². The molecule has 0 bridgehead atoms. The highest BCUT2D eigenvalue weighted by Gasteiger charge is 2.28. The molecule has 2 nitrogen and oxygen atoms in total. The maximum Gasteiger partial charge on any atom is 0.119 e. The Hall–Kier alpha value is -2.06. The summed E-state index contributed by atoms with van der Waals surface area (Å²) in [4.78, 5) is 2.46. The minimum absolute atomic E-state index is 0.666. The molecule has 0 radical (unpaired) electrons. The normalized spacial score (nSPS) is 19.0. The number of fused-ring (bicyclic) bond motifs is 1. The second-order valence-corrected chi connectivity index (χ2v) is 7.36. The van der Waals surface area contributed by atoms with Crippen LogP contribution >= 0.6 is 0 Å². The number of rotatable bonds is 3. The molecule has 4 rings (SSSR count). The van der Waals surface area contributed by atoms with Crippen LogP contribution < -0.4 is 4.74 Å². The predicted molar refractivity (Wildman–Crippen MR) is 105 cm³/mol. The van der Waals surface area contributed by atoms with Crippen molar-refractivity contribution < 1.29 is 4.74 Å². The van der Waals surface area contributed by atoms with Crippen molar-refractivity contribution in [1.29, 1.82) is 0 Å². The molecule has 1 fully saturated rings. The Morgan fingerprint density at radius 2 is 1.72 bits per heavy atom. The molecular weight excluding hydrogens is 306 g/mol. The van der Waals surface area contributed by atoms with E-state index in [1.165, 1.54) is 42.6 Å². The van der Waals surface area contributed by atoms with E-state index in [0.29, 0.717) is 5.92 Å². The molecule has 1 aliphatic heterocycles. The lowest BCUT2D eigenvalue weighted by Crippen LogP contribution is -2.31. The monoisotopic (exact) mass is 333 g/mol. The first-order valence-electron chi connectivity index (χ1n) is 9.40. The van der Waals surface area contributed by atoms with Gasteiger partial charge in [-0.3, -0.25) is 0 Å². The average molecular weight is 333 g/mol. The summed E-state index contributed by atoms with van der Waals surface area (Å²) in [6.07, 6.45) is 4.75. The van der Waals surface area contributed by atoms with Crippen LogP contribution in [0.1, 0.15) is 36.0 Å². The van der Waals surface area contributed by atoms with Crippen molar-refractivity contribution in [2.24, 2.45) is 5.92 Å². The molecule has 0 amide bonds. The minimum Gasteiger partial charge on any atom is -0.497 e. The SMILES string of the molecule is COc1ccc2c(c1)CCC(c1ccccc1)=C2C1CCN(C)CC1. The lowest BCUT2D eigenvalue weighted by Gasteiger charge is -2.35. The molecule has 0 aromatic heterocycles. The van der Waals surface area contributed by atoms with Gasteiger partial charge < -0.3 is 9.64 Å². The molecule has 0 atom stereocenters. The summed E-state index contributed by atoms with van der Waals surface area (Å²) in [5.41, 5.74) is 7.47. The highest BCUT2D eigenvalue weighted by Crippen LogP contribution is 2.44. The highest BCUT2D eigenvalue weighted by atomic mass is 16.5. The minimum atomic E-state index is 0.666. The van der Waals surface area contributed by atoms with Crippen molar-refractivity contribution >= 4 is 11.1 Å². The molecule has 2 aliphatic rings. The van der Waals surface area contributed by atoms with E-state index in [2.05, 4.69) is 60.5 Å². The molecule has 0 spiro atoms. The molecule has 2 aromatic carbocycles.